The second-order valence-electron chi connectivity index (χ2n) is 3.61. The Morgan fingerprint density at radius 3 is 2.62 bits per heavy atom. The van der Waals surface area contributed by atoms with Crippen LogP contribution in [0.3, 0.4) is 0 Å². The lowest BCUT2D eigenvalue weighted by molar-refractivity contribution is 0.0115. The number of hydrogen-bond donors (Lipinski definition) is 2. The number of carbonyl (C=O) groups is 1. The van der Waals surface area contributed by atoms with E-state index < -0.39 is 24.9 Å². The summed E-state index contributed by atoms with van der Waals surface area (Å²) in [7, 11) is 0. The summed E-state index contributed by atoms with van der Waals surface area (Å²) in [5.41, 5.74) is 5.46. The van der Waals surface area contributed by atoms with Gasteiger partial charge in [-0.15, -0.1) is 0 Å². The van der Waals surface area contributed by atoms with Gasteiger partial charge in [0.05, 0.1) is 13.1 Å². The minimum atomic E-state index is -3.09. The summed E-state index contributed by atoms with van der Waals surface area (Å²) in [5.74, 6) is -3.12. The van der Waals surface area contributed by atoms with Crippen LogP contribution in [0.15, 0.2) is 10.5 Å². The van der Waals surface area contributed by atoms with Crippen LogP contribution in [0.1, 0.15) is 21.9 Å². The summed E-state index contributed by atoms with van der Waals surface area (Å²) in [6, 6.07) is 1.66. The van der Waals surface area contributed by atoms with E-state index in [1.807, 2.05) is 0 Å². The predicted octanol–water partition coefficient (Wildman–Crippen LogP) is 1.22. The fourth-order valence-electron chi connectivity index (χ4n) is 1.23. The maximum absolute atomic E-state index is 12.8. The van der Waals surface area contributed by atoms with E-state index in [9.17, 15) is 13.6 Å². The Morgan fingerprint density at radius 2 is 2.19 bits per heavy atom. The first-order valence-corrected chi connectivity index (χ1v) is 4.79. The number of furan rings is 1. The monoisotopic (exact) mass is 232 g/mol. The van der Waals surface area contributed by atoms with E-state index in [2.05, 4.69) is 5.32 Å². The van der Waals surface area contributed by atoms with Gasteiger partial charge >= 0.3 is 0 Å². The normalized spacial score (nSPS) is 11.6. The topological polar surface area (TPSA) is 68.3 Å². The number of hydrogen-bond acceptors (Lipinski definition) is 3. The Balaban J connectivity index is 2.63. The molecular weight excluding hydrogens is 218 g/mol. The van der Waals surface area contributed by atoms with E-state index in [0.717, 1.165) is 0 Å². The number of alkyl halides is 2. The van der Waals surface area contributed by atoms with Crippen LogP contribution in [0, 0.1) is 13.8 Å². The number of halogens is 2. The van der Waals surface area contributed by atoms with E-state index in [1.165, 1.54) is 0 Å². The maximum atomic E-state index is 12.8. The molecule has 16 heavy (non-hydrogen) atoms. The Hall–Kier alpha value is -1.43. The van der Waals surface area contributed by atoms with E-state index in [0.29, 0.717) is 11.3 Å². The summed E-state index contributed by atoms with van der Waals surface area (Å²) in [5, 5.41) is 2.08. The Bertz CT molecular complexity index is 388. The van der Waals surface area contributed by atoms with Gasteiger partial charge in [-0.25, -0.2) is 8.78 Å². The van der Waals surface area contributed by atoms with Gasteiger partial charge in [-0.05, 0) is 19.9 Å². The minimum absolute atomic E-state index is 0.0605. The summed E-state index contributed by atoms with van der Waals surface area (Å²) < 4.78 is 30.6. The largest absolute Gasteiger partial charge is 0.456 e. The first-order chi connectivity index (χ1) is 7.35. The van der Waals surface area contributed by atoms with Crippen molar-refractivity contribution in [1.29, 1.82) is 0 Å². The smallest absolute Gasteiger partial charge is 0.287 e. The highest BCUT2D eigenvalue weighted by molar-refractivity contribution is 5.92. The highest BCUT2D eigenvalue weighted by atomic mass is 19.3. The van der Waals surface area contributed by atoms with Crippen LogP contribution in [0.5, 0.6) is 0 Å². The van der Waals surface area contributed by atoms with E-state index in [4.69, 9.17) is 10.2 Å². The lowest BCUT2D eigenvalue weighted by Gasteiger charge is -2.13. The van der Waals surface area contributed by atoms with Gasteiger partial charge in [-0.3, -0.25) is 4.79 Å². The molecule has 0 aliphatic heterocycles. The third kappa shape index (κ3) is 3.03. The van der Waals surface area contributed by atoms with Crippen LogP contribution in [-0.2, 0) is 0 Å². The Labute approximate surface area is 91.8 Å². The molecule has 1 aromatic rings. The van der Waals surface area contributed by atoms with E-state index in [-0.39, 0.29) is 5.76 Å². The van der Waals surface area contributed by atoms with Crippen LogP contribution < -0.4 is 11.1 Å². The molecule has 1 heterocycles. The zero-order chi connectivity index (χ0) is 12.3. The molecule has 0 aliphatic carbocycles. The fourth-order valence-corrected chi connectivity index (χ4v) is 1.23. The molecule has 0 saturated heterocycles. The molecule has 0 radical (unpaired) electrons. The number of nitrogens with one attached hydrogen (secondary N) is 1. The quantitative estimate of drug-likeness (QED) is 0.820. The lowest BCUT2D eigenvalue weighted by Crippen LogP contribution is -2.41. The number of carbonyl (C=O) groups excluding carboxylic acids is 1. The summed E-state index contributed by atoms with van der Waals surface area (Å²) in [6.07, 6.45) is 0. The fraction of sp³-hybridized carbons (Fsp3) is 0.500. The molecule has 1 amide bonds. The SMILES string of the molecule is Cc1cc(C)c(C(=O)NCC(F)(F)CN)o1. The zero-order valence-electron chi connectivity index (χ0n) is 9.14. The third-order valence-electron chi connectivity index (χ3n) is 2.05. The van der Waals surface area contributed by atoms with Crippen molar-refractivity contribution in [3.63, 3.8) is 0 Å². The molecule has 0 fully saturated rings. The van der Waals surface area contributed by atoms with Gasteiger partial charge in [0.1, 0.15) is 5.76 Å². The molecule has 1 aromatic heterocycles. The molecule has 3 N–H and O–H groups in total. The average Bonchev–Trinajstić information content (AvgIpc) is 2.54. The van der Waals surface area contributed by atoms with Crippen molar-refractivity contribution in [2.75, 3.05) is 13.1 Å². The molecule has 0 aromatic carbocycles. The minimum Gasteiger partial charge on any atom is -0.456 e. The van der Waals surface area contributed by atoms with Gasteiger partial charge < -0.3 is 15.5 Å². The molecule has 0 unspecified atom stereocenters. The summed E-state index contributed by atoms with van der Waals surface area (Å²) in [4.78, 5) is 11.5. The van der Waals surface area contributed by atoms with Gasteiger partial charge in [0, 0.05) is 5.56 Å². The lowest BCUT2D eigenvalue weighted by atomic mass is 10.2. The Kier molecular flexibility index (Phi) is 3.64. The number of aryl methyl sites for hydroxylation is 2. The van der Waals surface area contributed by atoms with Crippen molar-refractivity contribution < 1.29 is 18.0 Å². The molecule has 6 heteroatoms. The molecule has 0 bridgehead atoms. The average molecular weight is 232 g/mol. The van der Waals surface area contributed by atoms with Crippen LogP contribution in [-0.4, -0.2) is 24.9 Å². The van der Waals surface area contributed by atoms with Gasteiger partial charge in [0.15, 0.2) is 5.76 Å². The molecule has 1 rings (SSSR count). The van der Waals surface area contributed by atoms with Crippen molar-refractivity contribution in [3.8, 4) is 0 Å². The van der Waals surface area contributed by atoms with Gasteiger partial charge in [-0.1, -0.05) is 0 Å². The third-order valence-corrected chi connectivity index (χ3v) is 2.05. The standard InChI is InChI=1S/C10H14F2N2O2/c1-6-3-7(2)16-8(6)9(15)14-5-10(11,12)4-13/h3H,4-5,13H2,1-2H3,(H,14,15). The summed E-state index contributed by atoms with van der Waals surface area (Å²) in [6.45, 7) is 1.76. The molecule has 0 saturated carbocycles. The number of amides is 1. The molecule has 0 aliphatic rings. The van der Waals surface area contributed by atoms with Crippen molar-refractivity contribution in [2.24, 2.45) is 5.73 Å². The molecule has 0 atom stereocenters. The highest BCUT2D eigenvalue weighted by Crippen LogP contribution is 2.14. The summed E-state index contributed by atoms with van der Waals surface area (Å²) >= 11 is 0. The predicted molar refractivity (Wildman–Crippen MR) is 54.5 cm³/mol. The molecule has 90 valence electrons. The van der Waals surface area contributed by atoms with E-state index >= 15 is 0 Å². The Morgan fingerprint density at radius 1 is 1.56 bits per heavy atom. The maximum Gasteiger partial charge on any atom is 0.287 e. The van der Waals surface area contributed by atoms with E-state index in [1.54, 1.807) is 19.9 Å². The van der Waals surface area contributed by atoms with Crippen LogP contribution in [0.2, 0.25) is 0 Å². The zero-order valence-corrected chi connectivity index (χ0v) is 9.14. The first kappa shape index (κ1) is 12.6. The number of rotatable bonds is 4. The van der Waals surface area contributed by atoms with Gasteiger partial charge in [-0.2, -0.15) is 0 Å². The van der Waals surface area contributed by atoms with Gasteiger partial charge in [0.2, 0.25) is 0 Å². The second-order valence-corrected chi connectivity index (χ2v) is 3.61. The number of nitrogens with two attached hydrogens (primary N) is 1. The molecule has 0 spiro atoms. The van der Waals surface area contributed by atoms with Crippen LogP contribution >= 0.6 is 0 Å². The molecule has 4 nitrogen and oxygen atoms in total. The highest BCUT2D eigenvalue weighted by Gasteiger charge is 2.28. The molecular formula is C10H14F2N2O2. The van der Waals surface area contributed by atoms with Gasteiger partial charge in [0.25, 0.3) is 11.8 Å². The first-order valence-electron chi connectivity index (χ1n) is 4.79. The van der Waals surface area contributed by atoms with Crippen molar-refractivity contribution in [3.05, 3.63) is 23.2 Å². The van der Waals surface area contributed by atoms with Crippen molar-refractivity contribution >= 4 is 5.91 Å². The van der Waals surface area contributed by atoms with Crippen LogP contribution in [0.25, 0.3) is 0 Å². The van der Waals surface area contributed by atoms with Crippen molar-refractivity contribution in [2.45, 2.75) is 19.8 Å². The van der Waals surface area contributed by atoms with Crippen molar-refractivity contribution in [1.82, 2.24) is 5.32 Å². The second kappa shape index (κ2) is 4.61. The van der Waals surface area contributed by atoms with Crippen LogP contribution in [0.4, 0.5) is 8.78 Å².